The van der Waals surface area contributed by atoms with Gasteiger partial charge in [-0.2, -0.15) is 0 Å². The van der Waals surface area contributed by atoms with Gasteiger partial charge in [0.2, 0.25) is 17.7 Å². The molecular formula is C14H22N6O6. The van der Waals surface area contributed by atoms with Crippen molar-refractivity contribution in [1.82, 2.24) is 25.9 Å². The smallest absolute Gasteiger partial charge is 0.322 e. The zero-order chi connectivity index (χ0) is 19.7. The van der Waals surface area contributed by atoms with E-state index in [0.717, 1.165) is 0 Å². The minimum atomic E-state index is -1.23. The average molecular weight is 370 g/mol. The molecule has 0 fully saturated rings. The molecule has 0 aliphatic carbocycles. The van der Waals surface area contributed by atoms with E-state index in [2.05, 4.69) is 25.9 Å². The van der Waals surface area contributed by atoms with E-state index in [0.29, 0.717) is 5.69 Å². The Hall–Kier alpha value is -2.99. The number of aliphatic hydroxyl groups excluding tert-OH is 1. The van der Waals surface area contributed by atoms with Crippen LogP contribution in [0.1, 0.15) is 12.6 Å². The van der Waals surface area contributed by atoms with Gasteiger partial charge in [-0.3, -0.25) is 19.2 Å². The Labute approximate surface area is 148 Å². The summed E-state index contributed by atoms with van der Waals surface area (Å²) in [5.41, 5.74) is 5.97. The van der Waals surface area contributed by atoms with Crippen LogP contribution >= 0.6 is 0 Å². The molecule has 0 radical (unpaired) electrons. The molecule has 0 saturated carbocycles. The van der Waals surface area contributed by atoms with Gasteiger partial charge in [0.25, 0.3) is 0 Å². The summed E-state index contributed by atoms with van der Waals surface area (Å²) in [6, 6.07) is -2.27. The molecular weight excluding hydrogens is 348 g/mol. The van der Waals surface area contributed by atoms with Crippen molar-refractivity contribution in [2.45, 2.75) is 31.5 Å². The number of nitrogens with zero attached hydrogens (tertiary/aromatic N) is 1. The molecule has 0 spiro atoms. The van der Waals surface area contributed by atoms with Gasteiger partial charge in [0.05, 0.1) is 19.0 Å². The standard InChI is InChI=1S/C14H22N6O6/c1-7(21)12(15)14(26)17-4-10(22)20-9(2-8-3-16-6-19-8)13(25)18-5-11(23)24/h3,6-7,9,12,21H,2,4-5,15H2,1H3,(H,16,19)(H,17,26)(H,18,25)(H,20,22)(H,23,24). The summed E-state index contributed by atoms with van der Waals surface area (Å²) in [6.45, 7) is 0.261. The molecule has 12 heteroatoms. The maximum absolute atomic E-state index is 12.1. The summed E-state index contributed by atoms with van der Waals surface area (Å²) in [5.74, 6) is -3.35. The monoisotopic (exact) mass is 370 g/mol. The van der Waals surface area contributed by atoms with Crippen LogP contribution in [0.5, 0.6) is 0 Å². The molecule has 26 heavy (non-hydrogen) atoms. The summed E-state index contributed by atoms with van der Waals surface area (Å²) >= 11 is 0. The van der Waals surface area contributed by atoms with Crippen molar-refractivity contribution in [2.75, 3.05) is 13.1 Å². The van der Waals surface area contributed by atoms with E-state index in [-0.39, 0.29) is 6.42 Å². The largest absolute Gasteiger partial charge is 0.480 e. The number of carboxylic acids is 1. The summed E-state index contributed by atoms with van der Waals surface area (Å²) in [4.78, 5) is 52.8. The van der Waals surface area contributed by atoms with Crippen LogP contribution in [0, 0.1) is 0 Å². The Kier molecular flexibility index (Phi) is 8.18. The van der Waals surface area contributed by atoms with Crippen molar-refractivity contribution in [1.29, 1.82) is 0 Å². The first-order chi connectivity index (χ1) is 12.2. The SMILES string of the molecule is CC(O)C(N)C(=O)NCC(=O)NC(Cc1cnc[nH]1)C(=O)NCC(=O)O. The predicted octanol–water partition coefficient (Wildman–Crippen LogP) is -3.54. The van der Waals surface area contributed by atoms with Crippen molar-refractivity contribution in [3.05, 3.63) is 18.2 Å². The summed E-state index contributed by atoms with van der Waals surface area (Å²) in [5, 5.41) is 24.7. The topological polar surface area (TPSA) is 200 Å². The van der Waals surface area contributed by atoms with Gasteiger partial charge < -0.3 is 36.9 Å². The molecule has 1 aromatic heterocycles. The quantitative estimate of drug-likeness (QED) is 0.219. The number of carbonyl (C=O) groups excluding carboxylic acids is 3. The number of hydrogen-bond donors (Lipinski definition) is 7. The second-order valence-electron chi connectivity index (χ2n) is 5.50. The molecule has 3 unspecified atom stereocenters. The summed E-state index contributed by atoms with van der Waals surface area (Å²) in [7, 11) is 0. The van der Waals surface area contributed by atoms with Crippen molar-refractivity contribution in [3.63, 3.8) is 0 Å². The van der Waals surface area contributed by atoms with Gasteiger partial charge in [-0.05, 0) is 6.92 Å². The highest BCUT2D eigenvalue weighted by Gasteiger charge is 2.24. The van der Waals surface area contributed by atoms with Crippen LogP contribution in [-0.2, 0) is 25.6 Å². The van der Waals surface area contributed by atoms with E-state index >= 15 is 0 Å². The van der Waals surface area contributed by atoms with E-state index in [1.54, 1.807) is 0 Å². The van der Waals surface area contributed by atoms with Gasteiger partial charge in [-0.15, -0.1) is 0 Å². The zero-order valence-corrected chi connectivity index (χ0v) is 14.1. The molecule has 0 aliphatic rings. The number of aromatic amines is 1. The lowest BCUT2D eigenvalue weighted by atomic mass is 10.1. The second-order valence-corrected chi connectivity index (χ2v) is 5.50. The number of hydrogen-bond acceptors (Lipinski definition) is 7. The lowest BCUT2D eigenvalue weighted by molar-refractivity contribution is -0.138. The van der Waals surface area contributed by atoms with Gasteiger partial charge in [0.15, 0.2) is 0 Å². The maximum Gasteiger partial charge on any atom is 0.322 e. The first kappa shape index (κ1) is 21.1. The molecule has 3 amide bonds. The van der Waals surface area contributed by atoms with E-state index in [1.165, 1.54) is 19.4 Å². The van der Waals surface area contributed by atoms with Crippen LogP contribution in [-0.4, -0.2) is 75.1 Å². The van der Waals surface area contributed by atoms with Gasteiger partial charge in [-0.1, -0.05) is 0 Å². The van der Waals surface area contributed by atoms with Crippen LogP contribution in [0.25, 0.3) is 0 Å². The Morgan fingerprint density at radius 3 is 2.42 bits per heavy atom. The third-order valence-corrected chi connectivity index (χ3v) is 3.29. The average Bonchev–Trinajstić information content (AvgIpc) is 3.09. The lowest BCUT2D eigenvalue weighted by Gasteiger charge is -2.18. The molecule has 3 atom stereocenters. The molecule has 12 nitrogen and oxygen atoms in total. The van der Waals surface area contributed by atoms with Crippen molar-refractivity contribution < 1.29 is 29.4 Å². The van der Waals surface area contributed by atoms with Crippen molar-refractivity contribution >= 4 is 23.7 Å². The number of aliphatic hydroxyl groups is 1. The zero-order valence-electron chi connectivity index (χ0n) is 14.1. The fraction of sp³-hybridized carbons (Fsp3) is 0.500. The van der Waals surface area contributed by atoms with Crippen LogP contribution in [0.3, 0.4) is 0 Å². The number of aromatic nitrogens is 2. The summed E-state index contributed by atoms with van der Waals surface area (Å²) < 4.78 is 0. The molecule has 0 aliphatic heterocycles. The van der Waals surface area contributed by atoms with E-state index in [9.17, 15) is 24.3 Å². The molecule has 8 N–H and O–H groups in total. The first-order valence-electron chi connectivity index (χ1n) is 7.68. The fourth-order valence-corrected chi connectivity index (χ4v) is 1.86. The highest BCUT2D eigenvalue weighted by molar-refractivity contribution is 5.92. The number of imidazole rings is 1. The molecule has 1 aromatic rings. The van der Waals surface area contributed by atoms with E-state index < -0.39 is 55.0 Å². The number of amides is 3. The van der Waals surface area contributed by atoms with E-state index in [4.69, 9.17) is 10.8 Å². The van der Waals surface area contributed by atoms with Crippen molar-refractivity contribution in [2.24, 2.45) is 5.73 Å². The van der Waals surface area contributed by atoms with E-state index in [1.807, 2.05) is 0 Å². The molecule has 0 aromatic carbocycles. The molecule has 0 saturated heterocycles. The number of nitrogens with two attached hydrogens (primary N) is 1. The Morgan fingerprint density at radius 2 is 1.88 bits per heavy atom. The van der Waals surface area contributed by atoms with Crippen LogP contribution in [0.4, 0.5) is 0 Å². The normalized spacial score (nSPS) is 14.0. The number of carboxylic acid groups (broad SMARTS) is 1. The van der Waals surface area contributed by atoms with Gasteiger partial charge >= 0.3 is 5.97 Å². The number of nitrogens with one attached hydrogen (secondary N) is 4. The molecule has 144 valence electrons. The maximum atomic E-state index is 12.1. The number of aliphatic carboxylic acids is 1. The first-order valence-corrected chi connectivity index (χ1v) is 7.68. The highest BCUT2D eigenvalue weighted by atomic mass is 16.4. The molecule has 1 heterocycles. The summed E-state index contributed by atoms with van der Waals surface area (Å²) in [6.07, 6.45) is 1.79. The number of carbonyl (C=O) groups is 4. The second kappa shape index (κ2) is 10.1. The highest BCUT2D eigenvalue weighted by Crippen LogP contribution is 1.99. The predicted molar refractivity (Wildman–Crippen MR) is 87.5 cm³/mol. The van der Waals surface area contributed by atoms with Gasteiger partial charge in [0.1, 0.15) is 18.6 Å². The minimum absolute atomic E-state index is 0.0400. The van der Waals surface area contributed by atoms with Crippen LogP contribution < -0.4 is 21.7 Å². The van der Waals surface area contributed by atoms with Crippen molar-refractivity contribution in [3.8, 4) is 0 Å². The van der Waals surface area contributed by atoms with Gasteiger partial charge in [-0.25, -0.2) is 4.98 Å². The Balaban J connectivity index is 2.63. The minimum Gasteiger partial charge on any atom is -0.480 e. The van der Waals surface area contributed by atoms with Gasteiger partial charge in [0, 0.05) is 18.3 Å². The third kappa shape index (κ3) is 7.27. The fourth-order valence-electron chi connectivity index (χ4n) is 1.86. The lowest BCUT2D eigenvalue weighted by Crippen LogP contribution is -2.53. The Bertz CT molecular complexity index is 632. The third-order valence-electron chi connectivity index (χ3n) is 3.29. The molecule has 1 rings (SSSR count). The molecule has 0 bridgehead atoms. The number of rotatable bonds is 10. The Morgan fingerprint density at radius 1 is 1.23 bits per heavy atom. The van der Waals surface area contributed by atoms with Crippen LogP contribution in [0.15, 0.2) is 12.5 Å². The number of H-pyrrole nitrogens is 1. The van der Waals surface area contributed by atoms with Crippen LogP contribution in [0.2, 0.25) is 0 Å².